The Balaban J connectivity index is 2.24. The van der Waals surface area contributed by atoms with Crippen LogP contribution in [0.5, 0.6) is 0 Å². The number of ether oxygens (including phenoxy) is 1. The van der Waals surface area contributed by atoms with Gasteiger partial charge in [0, 0.05) is 20.6 Å². The molecule has 0 spiro atoms. The van der Waals surface area contributed by atoms with E-state index in [9.17, 15) is 10.0 Å². The van der Waals surface area contributed by atoms with Gasteiger partial charge in [-0.05, 0) is 24.0 Å². The van der Waals surface area contributed by atoms with E-state index in [0.717, 1.165) is 17.3 Å². The van der Waals surface area contributed by atoms with Gasteiger partial charge in [0.1, 0.15) is 6.67 Å². The Morgan fingerprint density at radius 1 is 1.59 bits per heavy atom. The summed E-state index contributed by atoms with van der Waals surface area (Å²) in [4.78, 5) is 15.2. The third-order valence-electron chi connectivity index (χ3n) is 3.33. The molecule has 0 bridgehead atoms. The monoisotopic (exact) mass is 347 g/mol. The maximum atomic E-state index is 13.3. The van der Waals surface area contributed by atoms with Gasteiger partial charge in [0.2, 0.25) is 0 Å². The molecule has 1 aliphatic rings. The van der Waals surface area contributed by atoms with Gasteiger partial charge in [0.15, 0.2) is 4.34 Å². The van der Waals surface area contributed by atoms with E-state index in [2.05, 4.69) is 17.1 Å². The van der Waals surface area contributed by atoms with Crippen molar-refractivity contribution in [3.8, 4) is 0 Å². The molecule has 0 radical (unpaired) electrons. The highest BCUT2D eigenvalue weighted by molar-refractivity contribution is 8.00. The van der Waals surface area contributed by atoms with Crippen LogP contribution in [-0.4, -0.2) is 72.4 Å². The molecule has 124 valence electrons. The minimum Gasteiger partial charge on any atom is -0.622 e. The van der Waals surface area contributed by atoms with Gasteiger partial charge < -0.3 is 14.8 Å². The van der Waals surface area contributed by atoms with Crippen LogP contribution in [0.4, 0.5) is 9.93 Å². The van der Waals surface area contributed by atoms with E-state index in [1.807, 2.05) is 11.2 Å². The maximum Gasteiger partial charge on any atom is 0.413 e. The summed E-state index contributed by atoms with van der Waals surface area (Å²) in [5, 5.41) is 21.6. The maximum absolute atomic E-state index is 13.3. The van der Waals surface area contributed by atoms with E-state index in [0.29, 0.717) is 11.7 Å². The molecule has 1 amide bonds. The normalized spacial score (nSPS) is 25.4. The fraction of sp³-hybridized carbons (Fsp3) is 0.750. The Bertz CT molecular complexity index is 527. The summed E-state index contributed by atoms with van der Waals surface area (Å²) in [5.74, 6) is 0. The first kappa shape index (κ1) is 17.4. The topological polar surface area (TPSA) is 81.6 Å². The molecular weight excluding hydrogens is 326 g/mol. The Kier molecular flexibility index (Phi) is 5.61. The summed E-state index contributed by atoms with van der Waals surface area (Å²) in [6.07, 6.45) is 1.48. The number of aromatic nitrogens is 2. The lowest BCUT2D eigenvalue weighted by Gasteiger charge is -2.38. The first-order chi connectivity index (χ1) is 10.4. The number of hydrogen-bond acceptors (Lipinski definition) is 8. The number of thioether (sulfide) groups is 1. The molecule has 10 heteroatoms. The van der Waals surface area contributed by atoms with Crippen molar-refractivity contribution in [3.05, 3.63) is 5.21 Å². The van der Waals surface area contributed by atoms with Crippen LogP contribution < -0.4 is 4.65 Å². The van der Waals surface area contributed by atoms with E-state index < -0.39 is 17.0 Å². The van der Waals surface area contributed by atoms with Gasteiger partial charge in [-0.3, -0.25) is 4.65 Å². The van der Waals surface area contributed by atoms with E-state index in [1.54, 1.807) is 14.1 Å². The SMILES string of the molecule is CCCN1CC(OC(=O)N(C)C)[N+]([O-])(c2nnc(SC)s2)C1. The minimum atomic E-state index is -0.816. The summed E-state index contributed by atoms with van der Waals surface area (Å²) in [6, 6.07) is 0. The number of carbonyl (C=O) groups is 1. The smallest absolute Gasteiger partial charge is 0.413 e. The molecule has 2 rings (SSSR count). The minimum absolute atomic E-state index is 0.224. The molecule has 1 aromatic rings. The lowest BCUT2D eigenvalue weighted by molar-refractivity contribution is 0.0296. The third kappa shape index (κ3) is 3.51. The van der Waals surface area contributed by atoms with E-state index in [4.69, 9.17) is 4.74 Å². The molecule has 22 heavy (non-hydrogen) atoms. The molecule has 0 N–H and O–H groups in total. The largest absolute Gasteiger partial charge is 0.622 e. The van der Waals surface area contributed by atoms with Crippen molar-refractivity contribution in [1.29, 1.82) is 0 Å². The molecular formula is C12H21N5O3S2. The van der Waals surface area contributed by atoms with Gasteiger partial charge in [0.25, 0.3) is 6.23 Å². The van der Waals surface area contributed by atoms with E-state index >= 15 is 0 Å². The second kappa shape index (κ2) is 7.09. The van der Waals surface area contributed by atoms with Gasteiger partial charge in [0.05, 0.1) is 6.54 Å². The highest BCUT2D eigenvalue weighted by atomic mass is 32.2. The Hall–Kier alpha value is -0.940. The zero-order valence-electron chi connectivity index (χ0n) is 13.2. The molecule has 2 atom stereocenters. The average Bonchev–Trinajstić information content (AvgIpc) is 3.05. The summed E-state index contributed by atoms with van der Waals surface area (Å²) in [5.41, 5.74) is 0. The van der Waals surface area contributed by atoms with E-state index in [1.165, 1.54) is 28.0 Å². The number of carbonyl (C=O) groups excluding carboxylic acids is 1. The highest BCUT2D eigenvalue weighted by Gasteiger charge is 2.46. The lowest BCUT2D eigenvalue weighted by Crippen LogP contribution is -2.51. The predicted octanol–water partition coefficient (Wildman–Crippen LogP) is 1.77. The lowest BCUT2D eigenvalue weighted by atomic mass is 10.4. The molecule has 0 saturated carbocycles. The zero-order chi connectivity index (χ0) is 16.3. The van der Waals surface area contributed by atoms with Crippen LogP contribution in [0.3, 0.4) is 0 Å². The number of rotatable bonds is 5. The number of hydrogen-bond donors (Lipinski definition) is 0. The number of nitrogens with zero attached hydrogens (tertiary/aromatic N) is 5. The van der Waals surface area contributed by atoms with Crippen LogP contribution in [-0.2, 0) is 4.74 Å². The van der Waals surface area contributed by atoms with Crippen LogP contribution in [0.1, 0.15) is 13.3 Å². The van der Waals surface area contributed by atoms with Gasteiger partial charge >= 0.3 is 11.2 Å². The molecule has 8 nitrogen and oxygen atoms in total. The molecule has 2 heterocycles. The summed E-state index contributed by atoms with van der Waals surface area (Å²) < 4.78 is 5.35. The molecule has 2 unspecified atom stereocenters. The van der Waals surface area contributed by atoms with Crippen molar-refractivity contribution in [1.82, 2.24) is 24.6 Å². The van der Waals surface area contributed by atoms with Crippen molar-refractivity contribution in [2.45, 2.75) is 23.9 Å². The standard InChI is InChI=1S/C12H21N5O3S2/c1-5-6-16-7-9(20-12(18)15(2)3)17(19,8-16)10-13-14-11(21-4)22-10/h9H,5-8H2,1-4H3. The predicted molar refractivity (Wildman–Crippen MR) is 87.5 cm³/mol. The molecule has 1 saturated heterocycles. The van der Waals surface area contributed by atoms with Crippen molar-refractivity contribution in [3.63, 3.8) is 0 Å². The first-order valence-electron chi connectivity index (χ1n) is 6.97. The third-order valence-corrected chi connectivity index (χ3v) is 5.34. The fourth-order valence-corrected chi connectivity index (χ4v) is 3.57. The molecule has 0 aromatic carbocycles. The second-order valence-corrected chi connectivity index (χ2v) is 7.31. The highest BCUT2D eigenvalue weighted by Crippen LogP contribution is 2.36. The number of hydroxylamine groups is 2. The Labute approximate surface area is 138 Å². The summed E-state index contributed by atoms with van der Waals surface area (Å²) >= 11 is 2.70. The van der Waals surface area contributed by atoms with Crippen molar-refractivity contribution in [2.24, 2.45) is 0 Å². The fourth-order valence-electron chi connectivity index (χ4n) is 2.24. The number of amides is 1. The summed E-state index contributed by atoms with van der Waals surface area (Å²) in [6.45, 7) is 3.47. The molecule has 1 fully saturated rings. The molecule has 0 aliphatic carbocycles. The summed E-state index contributed by atoms with van der Waals surface area (Å²) in [7, 11) is 3.19. The average molecular weight is 347 g/mol. The van der Waals surface area contributed by atoms with Crippen LogP contribution >= 0.6 is 23.1 Å². The Morgan fingerprint density at radius 2 is 2.32 bits per heavy atom. The van der Waals surface area contributed by atoms with Crippen LogP contribution in [0, 0.1) is 5.21 Å². The Morgan fingerprint density at radius 3 is 2.86 bits per heavy atom. The quantitative estimate of drug-likeness (QED) is 0.456. The first-order valence-corrected chi connectivity index (χ1v) is 9.02. The second-order valence-electron chi connectivity index (χ2n) is 5.30. The van der Waals surface area contributed by atoms with Gasteiger partial charge in [-0.25, -0.2) is 9.69 Å². The van der Waals surface area contributed by atoms with Gasteiger partial charge in [-0.15, -0.1) is 5.10 Å². The van der Waals surface area contributed by atoms with Crippen LogP contribution in [0.25, 0.3) is 0 Å². The van der Waals surface area contributed by atoms with Crippen molar-refractivity contribution in [2.75, 3.05) is 40.1 Å². The van der Waals surface area contributed by atoms with Crippen LogP contribution in [0.15, 0.2) is 4.34 Å². The van der Waals surface area contributed by atoms with E-state index in [-0.39, 0.29) is 6.67 Å². The molecule has 1 aromatic heterocycles. The van der Waals surface area contributed by atoms with Crippen molar-refractivity contribution >= 4 is 34.3 Å². The molecule has 1 aliphatic heterocycles. The number of quaternary nitrogens is 1. The van der Waals surface area contributed by atoms with Crippen molar-refractivity contribution < 1.29 is 9.53 Å². The van der Waals surface area contributed by atoms with Gasteiger partial charge in [-0.1, -0.05) is 23.8 Å². The van der Waals surface area contributed by atoms with Crippen LogP contribution in [0.2, 0.25) is 0 Å². The van der Waals surface area contributed by atoms with Gasteiger partial charge in [-0.2, -0.15) is 0 Å². The zero-order valence-corrected chi connectivity index (χ0v) is 14.8.